The zero-order valence-corrected chi connectivity index (χ0v) is 19.1. The summed E-state index contributed by atoms with van der Waals surface area (Å²) >= 11 is 1.35. The SMILES string of the molecule is CCCCCCOc1ccc([C@H]2c3c(oc4ccccc4c3=O)C(=O)N2c2nccs2)cc1. The number of amides is 1. The Morgan fingerprint density at radius 2 is 1.88 bits per heavy atom. The first kappa shape index (κ1) is 21.4. The fourth-order valence-electron chi connectivity index (χ4n) is 4.23. The first-order chi connectivity index (χ1) is 16.2. The highest BCUT2D eigenvalue weighted by molar-refractivity contribution is 7.13. The molecule has 0 spiro atoms. The maximum Gasteiger partial charge on any atom is 0.297 e. The normalized spacial score (nSPS) is 15.2. The lowest BCUT2D eigenvalue weighted by Gasteiger charge is -2.22. The highest BCUT2D eigenvalue weighted by Crippen LogP contribution is 2.42. The van der Waals surface area contributed by atoms with E-state index in [1.165, 1.54) is 24.2 Å². The van der Waals surface area contributed by atoms with E-state index >= 15 is 0 Å². The predicted octanol–water partition coefficient (Wildman–Crippen LogP) is 5.96. The van der Waals surface area contributed by atoms with Gasteiger partial charge in [0.05, 0.1) is 23.6 Å². The molecule has 7 heteroatoms. The van der Waals surface area contributed by atoms with Crippen LogP contribution in [0.15, 0.2) is 69.3 Å². The van der Waals surface area contributed by atoms with Gasteiger partial charge < -0.3 is 9.15 Å². The van der Waals surface area contributed by atoms with Crippen LogP contribution in [0.5, 0.6) is 5.75 Å². The van der Waals surface area contributed by atoms with Gasteiger partial charge in [-0.1, -0.05) is 50.5 Å². The lowest BCUT2D eigenvalue weighted by atomic mass is 9.98. The molecule has 0 saturated carbocycles. The second-order valence-corrected chi connectivity index (χ2v) is 8.91. The Hall–Kier alpha value is -3.45. The lowest BCUT2D eigenvalue weighted by Crippen LogP contribution is -2.29. The summed E-state index contributed by atoms with van der Waals surface area (Å²) in [6, 6.07) is 14.0. The number of aromatic nitrogens is 1. The number of nitrogens with zero attached hydrogens (tertiary/aromatic N) is 2. The molecule has 2 aromatic heterocycles. The Bertz CT molecular complexity index is 1330. The fourth-order valence-corrected chi connectivity index (χ4v) is 4.90. The third-order valence-electron chi connectivity index (χ3n) is 5.87. The number of hydrogen-bond acceptors (Lipinski definition) is 6. The largest absolute Gasteiger partial charge is 0.494 e. The van der Waals surface area contributed by atoms with E-state index in [1.807, 2.05) is 29.6 Å². The van der Waals surface area contributed by atoms with Gasteiger partial charge in [0, 0.05) is 11.6 Å². The third-order valence-corrected chi connectivity index (χ3v) is 6.64. The standard InChI is InChI=1S/C26H24N2O4S/c1-2-3-4-7-15-31-18-12-10-17(11-13-18)22-21-23(29)19-8-5-6-9-20(19)32-24(21)25(30)28(22)26-27-14-16-33-26/h5-6,8-14,16,22H,2-4,7,15H2,1H3/t22-/m0/s1. The van der Waals surface area contributed by atoms with Gasteiger partial charge in [-0.05, 0) is 36.2 Å². The molecule has 1 amide bonds. The molecule has 168 valence electrons. The van der Waals surface area contributed by atoms with Crippen molar-refractivity contribution in [1.29, 1.82) is 0 Å². The highest BCUT2D eigenvalue weighted by Gasteiger charge is 2.44. The average Bonchev–Trinajstić information content (AvgIpc) is 3.46. The highest BCUT2D eigenvalue weighted by atomic mass is 32.1. The number of thiazole rings is 1. The van der Waals surface area contributed by atoms with Crippen LogP contribution in [0.3, 0.4) is 0 Å². The molecule has 0 radical (unpaired) electrons. The van der Waals surface area contributed by atoms with Crippen molar-refractivity contribution >= 4 is 33.3 Å². The van der Waals surface area contributed by atoms with E-state index < -0.39 is 6.04 Å². The number of hydrogen-bond donors (Lipinski definition) is 0. The van der Waals surface area contributed by atoms with Gasteiger partial charge in [-0.25, -0.2) is 4.98 Å². The Morgan fingerprint density at radius 3 is 2.64 bits per heavy atom. The third kappa shape index (κ3) is 3.93. The Kier molecular flexibility index (Phi) is 5.96. The first-order valence-corrected chi connectivity index (χ1v) is 12.1. The van der Waals surface area contributed by atoms with Crippen LogP contribution in [-0.4, -0.2) is 17.5 Å². The minimum Gasteiger partial charge on any atom is -0.494 e. The summed E-state index contributed by atoms with van der Waals surface area (Å²) in [5.74, 6) is 0.491. The Labute approximate surface area is 195 Å². The van der Waals surface area contributed by atoms with Crippen LogP contribution < -0.4 is 15.1 Å². The van der Waals surface area contributed by atoms with E-state index in [9.17, 15) is 9.59 Å². The maximum atomic E-state index is 13.5. The summed E-state index contributed by atoms with van der Waals surface area (Å²) < 4.78 is 11.8. The second-order valence-electron chi connectivity index (χ2n) is 8.04. The van der Waals surface area contributed by atoms with Crippen molar-refractivity contribution in [2.75, 3.05) is 11.5 Å². The fraction of sp³-hybridized carbons (Fsp3) is 0.269. The van der Waals surface area contributed by atoms with Crippen molar-refractivity contribution in [2.45, 2.75) is 38.6 Å². The molecule has 1 aliphatic rings. The van der Waals surface area contributed by atoms with Crippen molar-refractivity contribution in [3.05, 3.63) is 87.2 Å². The summed E-state index contributed by atoms with van der Waals surface area (Å²) in [6.45, 7) is 2.86. The number of unbranched alkanes of at least 4 members (excludes halogenated alkanes) is 3. The number of fused-ring (bicyclic) bond motifs is 2. The molecule has 0 fully saturated rings. The second kappa shape index (κ2) is 9.19. The molecule has 0 saturated heterocycles. The molecule has 3 heterocycles. The molecule has 1 atom stereocenters. The van der Waals surface area contributed by atoms with Crippen LogP contribution >= 0.6 is 11.3 Å². The van der Waals surface area contributed by atoms with E-state index in [-0.39, 0.29) is 17.1 Å². The maximum absolute atomic E-state index is 13.5. The summed E-state index contributed by atoms with van der Waals surface area (Å²) in [5, 5.41) is 2.79. The number of rotatable bonds is 8. The number of para-hydroxylation sites is 1. The Balaban J connectivity index is 1.53. The molecule has 0 bridgehead atoms. The van der Waals surface area contributed by atoms with Crippen LogP contribution in [0.1, 0.15) is 60.3 Å². The summed E-state index contributed by atoms with van der Waals surface area (Å²) in [7, 11) is 0. The van der Waals surface area contributed by atoms with Crippen LogP contribution in [0.25, 0.3) is 11.0 Å². The first-order valence-electron chi connectivity index (χ1n) is 11.2. The zero-order chi connectivity index (χ0) is 22.8. The van der Waals surface area contributed by atoms with Crippen LogP contribution in [0, 0.1) is 0 Å². The molecule has 4 aromatic rings. The predicted molar refractivity (Wildman–Crippen MR) is 129 cm³/mol. The monoisotopic (exact) mass is 460 g/mol. The van der Waals surface area contributed by atoms with Gasteiger partial charge >= 0.3 is 0 Å². The van der Waals surface area contributed by atoms with E-state index in [4.69, 9.17) is 9.15 Å². The zero-order valence-electron chi connectivity index (χ0n) is 18.3. The van der Waals surface area contributed by atoms with Gasteiger partial charge in [0.1, 0.15) is 11.3 Å². The van der Waals surface area contributed by atoms with Gasteiger partial charge in [-0.15, -0.1) is 11.3 Å². The number of ether oxygens (including phenoxy) is 1. The number of anilines is 1. The lowest BCUT2D eigenvalue weighted by molar-refractivity contribution is 0.0971. The van der Waals surface area contributed by atoms with Gasteiger partial charge in [-0.3, -0.25) is 14.5 Å². The molecule has 1 aliphatic heterocycles. The number of benzene rings is 2. The van der Waals surface area contributed by atoms with Crippen molar-refractivity contribution in [2.24, 2.45) is 0 Å². The molecular formula is C26H24N2O4S. The molecule has 5 rings (SSSR count). The molecular weight excluding hydrogens is 436 g/mol. The quantitative estimate of drug-likeness (QED) is 0.304. The minimum atomic E-state index is -0.613. The molecule has 33 heavy (non-hydrogen) atoms. The summed E-state index contributed by atoms with van der Waals surface area (Å²) in [4.78, 5) is 32.8. The number of carbonyl (C=O) groups is 1. The minimum absolute atomic E-state index is 0.0788. The summed E-state index contributed by atoms with van der Waals surface area (Å²) in [5.41, 5.74) is 1.36. The van der Waals surface area contributed by atoms with Gasteiger partial charge in [0.25, 0.3) is 5.91 Å². The van der Waals surface area contributed by atoms with E-state index in [0.717, 1.165) is 24.2 Å². The van der Waals surface area contributed by atoms with Crippen LogP contribution in [-0.2, 0) is 0 Å². The molecule has 6 nitrogen and oxygen atoms in total. The van der Waals surface area contributed by atoms with E-state index in [2.05, 4.69) is 11.9 Å². The topological polar surface area (TPSA) is 72.6 Å². The van der Waals surface area contributed by atoms with Crippen LogP contribution in [0.2, 0.25) is 0 Å². The van der Waals surface area contributed by atoms with Gasteiger partial charge in [-0.2, -0.15) is 0 Å². The molecule has 0 unspecified atom stereocenters. The van der Waals surface area contributed by atoms with Crippen molar-refractivity contribution in [3.63, 3.8) is 0 Å². The van der Waals surface area contributed by atoms with Gasteiger partial charge in [0.2, 0.25) is 5.76 Å². The molecule has 0 aliphatic carbocycles. The van der Waals surface area contributed by atoms with Crippen molar-refractivity contribution in [3.8, 4) is 5.75 Å². The smallest absolute Gasteiger partial charge is 0.297 e. The molecule has 2 aromatic carbocycles. The van der Waals surface area contributed by atoms with E-state index in [0.29, 0.717) is 28.3 Å². The average molecular weight is 461 g/mol. The number of carbonyl (C=O) groups excluding carboxylic acids is 1. The Morgan fingerprint density at radius 1 is 1.06 bits per heavy atom. The van der Waals surface area contributed by atoms with Crippen LogP contribution in [0.4, 0.5) is 5.13 Å². The van der Waals surface area contributed by atoms with Crippen molar-refractivity contribution in [1.82, 2.24) is 4.98 Å². The summed E-state index contributed by atoms with van der Waals surface area (Å²) in [6.07, 6.45) is 6.22. The van der Waals surface area contributed by atoms with Crippen molar-refractivity contribution < 1.29 is 13.9 Å². The van der Waals surface area contributed by atoms with Gasteiger partial charge in [0.15, 0.2) is 10.6 Å². The van der Waals surface area contributed by atoms with E-state index in [1.54, 1.807) is 35.4 Å². The molecule has 0 N–H and O–H groups in total.